The van der Waals surface area contributed by atoms with E-state index >= 15 is 0 Å². The number of ether oxygens (including phenoxy) is 1. The third-order valence-corrected chi connectivity index (χ3v) is 10.5. The molecule has 2 N–H and O–H groups in total. The molecule has 0 atom stereocenters. The molecule has 15 heteroatoms. The van der Waals surface area contributed by atoms with Crippen molar-refractivity contribution in [3.63, 3.8) is 0 Å². The maximum Gasteiger partial charge on any atom is 0.232 e. The zero-order valence-electron chi connectivity index (χ0n) is 26.4. The molecule has 2 saturated heterocycles. The summed E-state index contributed by atoms with van der Waals surface area (Å²) in [5.74, 6) is 1.45. The quantitative estimate of drug-likeness (QED) is 0.257. The van der Waals surface area contributed by atoms with Crippen LogP contribution >= 0.6 is 15.9 Å². The number of hydrogen-bond donors (Lipinski definition) is 2. The average Bonchev–Trinajstić information content (AvgIpc) is 3.06. The number of methoxy groups -OCH3 is 1. The van der Waals surface area contributed by atoms with Crippen molar-refractivity contribution in [2.75, 3.05) is 86.6 Å². The average molecular weight is 712 g/mol. The summed E-state index contributed by atoms with van der Waals surface area (Å²) in [5.41, 5.74) is 3.72. The first-order valence-electron chi connectivity index (χ1n) is 15.2. The predicted octanol–water partition coefficient (Wildman–Crippen LogP) is 4.29. The van der Waals surface area contributed by atoms with Crippen LogP contribution in [0.5, 0.6) is 5.75 Å². The number of fused-ring (bicyclic) bond motifs is 1. The van der Waals surface area contributed by atoms with Crippen molar-refractivity contribution >= 4 is 71.5 Å². The molecule has 0 saturated carbocycles. The van der Waals surface area contributed by atoms with Gasteiger partial charge in [-0.3, -0.25) is 19.2 Å². The molecule has 13 nitrogen and oxygen atoms in total. The minimum Gasteiger partial charge on any atom is -0.495 e. The number of anilines is 6. The molecule has 2 aliphatic heterocycles. The van der Waals surface area contributed by atoms with E-state index in [0.29, 0.717) is 50.4 Å². The summed E-state index contributed by atoms with van der Waals surface area (Å²) in [6.45, 7) is 6.55. The molecule has 0 amide bonds. The number of piperazine rings is 1. The number of sulfonamides is 1. The number of piperidine rings is 1. The number of nitrogens with zero attached hydrogens (tertiary/aromatic N) is 8. The molecule has 0 aliphatic carbocycles. The number of aromatic nitrogens is 4. The second-order valence-corrected chi connectivity index (χ2v) is 14.6. The van der Waals surface area contributed by atoms with Crippen LogP contribution < -0.4 is 24.6 Å². The Labute approximate surface area is 278 Å². The maximum atomic E-state index is 12.6. The first kappa shape index (κ1) is 32.2. The van der Waals surface area contributed by atoms with Crippen molar-refractivity contribution in [3.8, 4) is 5.75 Å². The largest absolute Gasteiger partial charge is 0.495 e. The van der Waals surface area contributed by atoms with Gasteiger partial charge >= 0.3 is 0 Å². The Kier molecular flexibility index (Phi) is 9.45. The summed E-state index contributed by atoms with van der Waals surface area (Å²) in [5, 5.41) is 6.62. The molecule has 244 valence electrons. The van der Waals surface area contributed by atoms with Crippen molar-refractivity contribution in [1.82, 2.24) is 29.7 Å². The van der Waals surface area contributed by atoms with Gasteiger partial charge in [-0.25, -0.2) is 13.4 Å². The zero-order chi connectivity index (χ0) is 32.4. The SMILES string of the molecule is COc1ccc(N2CCC(N3CCN(C)CC3)CC2)cc1Nc1ncc(Br)c(Nc2ccc3nccnc3c2N(C)S(C)(=O)=O)n1. The molecule has 46 heavy (non-hydrogen) atoms. The lowest BCUT2D eigenvalue weighted by Gasteiger charge is -2.42. The van der Waals surface area contributed by atoms with Crippen LogP contribution in [0.3, 0.4) is 0 Å². The highest BCUT2D eigenvalue weighted by molar-refractivity contribution is 9.10. The van der Waals surface area contributed by atoms with Crippen LogP contribution in [0.15, 0.2) is 53.4 Å². The van der Waals surface area contributed by atoms with Gasteiger partial charge in [-0.15, -0.1) is 0 Å². The van der Waals surface area contributed by atoms with Gasteiger partial charge in [0.05, 0.1) is 34.7 Å². The molecule has 4 aromatic rings. The molecule has 6 rings (SSSR count). The summed E-state index contributed by atoms with van der Waals surface area (Å²) in [6, 6.07) is 10.3. The lowest BCUT2D eigenvalue weighted by Crippen LogP contribution is -2.52. The number of likely N-dealkylation sites (N-methyl/N-ethyl adjacent to an activating group) is 1. The first-order chi connectivity index (χ1) is 22.1. The number of halogens is 1. The Balaban J connectivity index is 1.23. The molecule has 0 spiro atoms. The van der Waals surface area contributed by atoms with Gasteiger partial charge in [-0.05, 0) is 66.2 Å². The van der Waals surface area contributed by atoms with E-state index in [4.69, 9.17) is 9.72 Å². The highest BCUT2D eigenvalue weighted by Gasteiger charge is 2.27. The molecule has 0 unspecified atom stereocenters. The van der Waals surface area contributed by atoms with Crippen LogP contribution in [0.25, 0.3) is 11.0 Å². The topological polar surface area (TPSA) is 132 Å². The Morgan fingerprint density at radius 3 is 2.41 bits per heavy atom. The van der Waals surface area contributed by atoms with E-state index < -0.39 is 10.0 Å². The number of hydrogen-bond acceptors (Lipinski definition) is 12. The lowest BCUT2D eigenvalue weighted by atomic mass is 10.0. The van der Waals surface area contributed by atoms with Gasteiger partial charge in [0.2, 0.25) is 16.0 Å². The van der Waals surface area contributed by atoms with E-state index in [0.717, 1.165) is 69.7 Å². The van der Waals surface area contributed by atoms with Crippen LogP contribution in [-0.2, 0) is 10.0 Å². The summed E-state index contributed by atoms with van der Waals surface area (Å²) in [4.78, 5) is 25.5. The van der Waals surface area contributed by atoms with E-state index in [9.17, 15) is 8.42 Å². The first-order valence-corrected chi connectivity index (χ1v) is 17.8. The molecule has 0 bridgehead atoms. The Morgan fingerprint density at radius 1 is 0.957 bits per heavy atom. The van der Waals surface area contributed by atoms with Gasteiger partial charge in [-0.1, -0.05) is 0 Å². The van der Waals surface area contributed by atoms with Crippen molar-refractivity contribution in [2.45, 2.75) is 18.9 Å². The molecular formula is C31H39BrN10O3S. The van der Waals surface area contributed by atoms with Gasteiger partial charge in [0, 0.05) is 76.6 Å². The van der Waals surface area contributed by atoms with Crippen molar-refractivity contribution in [3.05, 3.63) is 53.4 Å². The van der Waals surface area contributed by atoms with Gasteiger partial charge in [0.25, 0.3) is 0 Å². The van der Waals surface area contributed by atoms with E-state index in [1.54, 1.807) is 31.6 Å². The van der Waals surface area contributed by atoms with E-state index in [1.165, 1.54) is 17.5 Å². The molecule has 4 heterocycles. The standard InChI is InChI=1S/C31H39BrN10O3S/c1-39-15-17-42(18-16-39)21-9-13-41(14-10-21)22-5-8-27(45-3)26(19-22)37-31-35-20-23(32)30(38-31)36-25-7-6-24-28(34-12-11-33-24)29(25)40(2)46(4,43)44/h5-8,11-12,19-21H,9-10,13-18H2,1-4H3,(H2,35,36,37,38). The third kappa shape index (κ3) is 6.97. The van der Waals surface area contributed by atoms with Gasteiger partial charge in [-0.2, -0.15) is 4.98 Å². The molecule has 2 aliphatic rings. The molecule has 0 radical (unpaired) electrons. The van der Waals surface area contributed by atoms with Gasteiger partial charge in [0.15, 0.2) is 0 Å². The number of nitrogens with one attached hydrogen (secondary N) is 2. The van der Waals surface area contributed by atoms with Crippen LogP contribution in [0.1, 0.15) is 12.8 Å². The zero-order valence-corrected chi connectivity index (χ0v) is 28.8. The van der Waals surface area contributed by atoms with E-state index in [1.807, 2.05) is 6.07 Å². The van der Waals surface area contributed by atoms with E-state index in [-0.39, 0.29) is 0 Å². The van der Waals surface area contributed by atoms with Crippen LogP contribution in [-0.4, -0.2) is 111 Å². The Morgan fingerprint density at radius 2 is 1.70 bits per heavy atom. The maximum absolute atomic E-state index is 12.6. The normalized spacial score (nSPS) is 16.8. The fourth-order valence-corrected chi connectivity index (χ4v) is 6.84. The Hall–Kier alpha value is -3.79. The fraction of sp³-hybridized carbons (Fsp3) is 0.419. The summed E-state index contributed by atoms with van der Waals surface area (Å²) in [7, 11) is 1.72. The predicted molar refractivity (Wildman–Crippen MR) is 186 cm³/mol. The van der Waals surface area contributed by atoms with Crippen LogP contribution in [0.4, 0.5) is 34.5 Å². The van der Waals surface area contributed by atoms with Gasteiger partial charge in [0.1, 0.15) is 22.8 Å². The van der Waals surface area contributed by atoms with E-state index in [2.05, 4.69) is 75.4 Å². The molecule has 2 aromatic heterocycles. The number of benzene rings is 2. The second-order valence-electron chi connectivity index (χ2n) is 11.7. The monoisotopic (exact) mass is 710 g/mol. The molecular weight excluding hydrogens is 672 g/mol. The minimum atomic E-state index is -3.61. The van der Waals surface area contributed by atoms with Crippen LogP contribution in [0.2, 0.25) is 0 Å². The highest BCUT2D eigenvalue weighted by atomic mass is 79.9. The minimum absolute atomic E-state index is 0.341. The summed E-state index contributed by atoms with van der Waals surface area (Å²) >= 11 is 3.54. The lowest BCUT2D eigenvalue weighted by molar-refractivity contribution is 0.0982. The molecule has 2 aromatic carbocycles. The van der Waals surface area contributed by atoms with Gasteiger partial charge < -0.3 is 25.2 Å². The third-order valence-electron chi connectivity index (χ3n) is 8.74. The summed E-state index contributed by atoms with van der Waals surface area (Å²) in [6.07, 6.45) is 8.16. The Bertz CT molecular complexity index is 1810. The second kappa shape index (κ2) is 13.5. The summed E-state index contributed by atoms with van der Waals surface area (Å²) < 4.78 is 32.6. The molecule has 2 fully saturated rings. The van der Waals surface area contributed by atoms with Crippen molar-refractivity contribution < 1.29 is 13.2 Å². The van der Waals surface area contributed by atoms with Crippen LogP contribution in [0, 0.1) is 0 Å². The fourth-order valence-electron chi connectivity index (χ4n) is 6.04. The number of rotatable bonds is 9. The smallest absolute Gasteiger partial charge is 0.232 e. The van der Waals surface area contributed by atoms with Crippen molar-refractivity contribution in [2.24, 2.45) is 0 Å². The highest BCUT2D eigenvalue weighted by Crippen LogP contribution is 2.37. The van der Waals surface area contributed by atoms with Crippen molar-refractivity contribution in [1.29, 1.82) is 0 Å².